The Morgan fingerprint density at radius 1 is 1.53 bits per heavy atom. The molecule has 0 bridgehead atoms. The molecule has 3 heteroatoms. The van der Waals surface area contributed by atoms with Crippen LogP contribution in [0.5, 0.6) is 5.75 Å². The minimum absolute atomic E-state index is 0.450. The molecule has 0 aromatic heterocycles. The highest BCUT2D eigenvalue weighted by Crippen LogP contribution is 2.28. The second-order valence-corrected chi connectivity index (χ2v) is 4.67. The predicted octanol–water partition coefficient (Wildman–Crippen LogP) is 2.25. The molecule has 0 spiro atoms. The topological polar surface area (TPSA) is 21.3 Å². The molecule has 1 aliphatic rings. The lowest BCUT2D eigenvalue weighted by Crippen LogP contribution is -2.18. The molecule has 1 aromatic carbocycles. The second kappa shape index (κ2) is 4.90. The largest absolute Gasteiger partial charge is 0.493 e. The van der Waals surface area contributed by atoms with Gasteiger partial charge in [0.05, 0.1) is 6.61 Å². The minimum Gasteiger partial charge on any atom is -0.493 e. The monoisotopic (exact) mass is 223 g/mol. The number of rotatable bonds is 4. The van der Waals surface area contributed by atoms with Crippen molar-refractivity contribution >= 4 is 11.8 Å². The van der Waals surface area contributed by atoms with Crippen LogP contribution < -0.4 is 10.1 Å². The van der Waals surface area contributed by atoms with E-state index in [9.17, 15) is 0 Å². The average Bonchev–Trinajstić information content (AvgIpc) is 2.72. The third kappa shape index (κ3) is 2.29. The Morgan fingerprint density at radius 3 is 3.13 bits per heavy atom. The Morgan fingerprint density at radius 2 is 2.40 bits per heavy atom. The van der Waals surface area contributed by atoms with E-state index in [-0.39, 0.29) is 0 Å². The van der Waals surface area contributed by atoms with Crippen LogP contribution in [0.3, 0.4) is 0 Å². The van der Waals surface area contributed by atoms with E-state index in [1.807, 2.05) is 18.8 Å². The molecular formula is C12H17NOS. The lowest BCUT2D eigenvalue weighted by Gasteiger charge is -2.16. The number of hydrogen-bond acceptors (Lipinski definition) is 3. The summed E-state index contributed by atoms with van der Waals surface area (Å²) in [6.45, 7) is 0.839. The first kappa shape index (κ1) is 10.8. The molecule has 2 nitrogen and oxygen atoms in total. The summed E-state index contributed by atoms with van der Waals surface area (Å²) in [5.74, 6) is 2.17. The van der Waals surface area contributed by atoms with Crippen molar-refractivity contribution in [2.24, 2.45) is 0 Å². The third-order valence-electron chi connectivity index (χ3n) is 2.80. The zero-order chi connectivity index (χ0) is 10.7. The van der Waals surface area contributed by atoms with E-state index in [4.69, 9.17) is 4.74 Å². The van der Waals surface area contributed by atoms with Crippen molar-refractivity contribution in [2.75, 3.05) is 25.7 Å². The molecular weight excluding hydrogens is 206 g/mol. The van der Waals surface area contributed by atoms with Crippen molar-refractivity contribution in [1.29, 1.82) is 0 Å². The molecule has 0 aliphatic carbocycles. The third-order valence-corrected chi connectivity index (χ3v) is 3.46. The summed E-state index contributed by atoms with van der Waals surface area (Å²) in [6.07, 6.45) is 3.19. The van der Waals surface area contributed by atoms with Crippen LogP contribution in [0.2, 0.25) is 0 Å². The number of hydrogen-bond donors (Lipinski definition) is 1. The van der Waals surface area contributed by atoms with E-state index in [1.54, 1.807) is 0 Å². The molecule has 1 atom stereocenters. The molecule has 0 saturated heterocycles. The number of ether oxygens (including phenoxy) is 1. The second-order valence-electron chi connectivity index (χ2n) is 3.76. The van der Waals surface area contributed by atoms with Gasteiger partial charge in [-0.3, -0.25) is 0 Å². The molecule has 0 amide bonds. The summed E-state index contributed by atoms with van der Waals surface area (Å²) in [4.78, 5) is 0. The van der Waals surface area contributed by atoms with E-state index in [0.717, 1.165) is 24.5 Å². The van der Waals surface area contributed by atoms with E-state index in [2.05, 4.69) is 29.8 Å². The molecule has 0 fully saturated rings. The fourth-order valence-corrected chi connectivity index (χ4v) is 2.63. The summed E-state index contributed by atoms with van der Waals surface area (Å²) in [7, 11) is 2.02. The Balaban J connectivity index is 2.20. The molecule has 82 valence electrons. The van der Waals surface area contributed by atoms with Crippen molar-refractivity contribution in [3.8, 4) is 5.75 Å². The van der Waals surface area contributed by atoms with Crippen LogP contribution in [0, 0.1) is 0 Å². The van der Waals surface area contributed by atoms with Crippen LogP contribution in [-0.2, 0) is 6.42 Å². The maximum atomic E-state index is 5.50. The van der Waals surface area contributed by atoms with Crippen LogP contribution in [0.4, 0.5) is 0 Å². The number of thioether (sulfide) groups is 1. The van der Waals surface area contributed by atoms with Gasteiger partial charge in [-0.1, -0.05) is 12.1 Å². The molecule has 1 heterocycles. The van der Waals surface area contributed by atoms with Gasteiger partial charge in [-0.25, -0.2) is 0 Å². The molecule has 15 heavy (non-hydrogen) atoms. The predicted molar refractivity (Wildman–Crippen MR) is 65.8 cm³/mol. The van der Waals surface area contributed by atoms with Gasteiger partial charge in [-0.15, -0.1) is 0 Å². The zero-order valence-corrected chi connectivity index (χ0v) is 10.1. The normalized spacial score (nSPS) is 15.9. The Labute approximate surface area is 95.4 Å². The Hall–Kier alpha value is -0.670. The lowest BCUT2D eigenvalue weighted by molar-refractivity contribution is 0.357. The minimum atomic E-state index is 0.450. The smallest absolute Gasteiger partial charge is 0.122 e. The number of benzene rings is 1. The molecule has 0 saturated carbocycles. The molecule has 1 N–H and O–H groups in total. The molecule has 1 aliphatic heterocycles. The number of nitrogens with one attached hydrogen (secondary N) is 1. The highest BCUT2D eigenvalue weighted by Gasteiger charge is 2.15. The van der Waals surface area contributed by atoms with Crippen LogP contribution >= 0.6 is 11.8 Å². The van der Waals surface area contributed by atoms with Gasteiger partial charge >= 0.3 is 0 Å². The van der Waals surface area contributed by atoms with Gasteiger partial charge in [-0.2, -0.15) is 11.8 Å². The van der Waals surface area contributed by atoms with Gasteiger partial charge in [0.2, 0.25) is 0 Å². The van der Waals surface area contributed by atoms with Crippen LogP contribution in [0.1, 0.15) is 17.2 Å². The maximum Gasteiger partial charge on any atom is 0.122 e. The van der Waals surface area contributed by atoms with Crippen LogP contribution in [-0.4, -0.2) is 25.7 Å². The Kier molecular flexibility index (Phi) is 3.54. The first-order valence-corrected chi connectivity index (χ1v) is 6.66. The highest BCUT2D eigenvalue weighted by atomic mass is 32.2. The summed E-state index contributed by atoms with van der Waals surface area (Å²) in [6, 6.07) is 7.00. The van der Waals surface area contributed by atoms with Gasteiger partial charge in [0.25, 0.3) is 0 Å². The van der Waals surface area contributed by atoms with Gasteiger partial charge in [-0.05, 0) is 30.5 Å². The summed E-state index contributed by atoms with van der Waals surface area (Å²) in [5, 5.41) is 3.35. The number of fused-ring (bicyclic) bond motifs is 1. The van der Waals surface area contributed by atoms with E-state index < -0.39 is 0 Å². The van der Waals surface area contributed by atoms with Crippen molar-refractivity contribution in [3.63, 3.8) is 0 Å². The standard InChI is InChI=1S/C12H17NOS/c1-13-11(8-15-2)9-3-4-12-10(7-9)5-6-14-12/h3-4,7,11,13H,5-6,8H2,1-2H3. The fraction of sp³-hybridized carbons (Fsp3) is 0.500. The van der Waals surface area contributed by atoms with E-state index in [1.165, 1.54) is 11.1 Å². The average molecular weight is 223 g/mol. The molecule has 1 unspecified atom stereocenters. The van der Waals surface area contributed by atoms with Gasteiger partial charge in [0, 0.05) is 18.2 Å². The fourth-order valence-electron chi connectivity index (χ4n) is 1.94. The van der Waals surface area contributed by atoms with Crippen molar-refractivity contribution in [1.82, 2.24) is 5.32 Å². The Bertz CT molecular complexity index is 340. The SMILES string of the molecule is CNC(CSC)c1ccc2c(c1)CCO2. The highest BCUT2D eigenvalue weighted by molar-refractivity contribution is 7.98. The van der Waals surface area contributed by atoms with E-state index >= 15 is 0 Å². The first-order chi connectivity index (χ1) is 7.35. The summed E-state index contributed by atoms with van der Waals surface area (Å²) >= 11 is 1.87. The summed E-state index contributed by atoms with van der Waals surface area (Å²) < 4.78 is 5.50. The first-order valence-electron chi connectivity index (χ1n) is 5.27. The van der Waals surface area contributed by atoms with Crippen molar-refractivity contribution < 1.29 is 4.74 Å². The molecule has 0 radical (unpaired) electrons. The van der Waals surface area contributed by atoms with Gasteiger partial charge in [0.1, 0.15) is 5.75 Å². The van der Waals surface area contributed by atoms with Crippen LogP contribution in [0.25, 0.3) is 0 Å². The molecule has 2 rings (SSSR count). The van der Waals surface area contributed by atoms with Gasteiger partial charge < -0.3 is 10.1 Å². The van der Waals surface area contributed by atoms with Crippen LogP contribution in [0.15, 0.2) is 18.2 Å². The van der Waals surface area contributed by atoms with E-state index in [0.29, 0.717) is 6.04 Å². The van der Waals surface area contributed by atoms with Crippen molar-refractivity contribution in [3.05, 3.63) is 29.3 Å². The van der Waals surface area contributed by atoms with Crippen molar-refractivity contribution in [2.45, 2.75) is 12.5 Å². The van der Waals surface area contributed by atoms with Gasteiger partial charge in [0.15, 0.2) is 0 Å². The zero-order valence-electron chi connectivity index (χ0n) is 9.25. The maximum absolute atomic E-state index is 5.50. The lowest BCUT2D eigenvalue weighted by atomic mass is 10.0. The quantitative estimate of drug-likeness (QED) is 0.846. The summed E-state index contributed by atoms with van der Waals surface area (Å²) in [5.41, 5.74) is 2.73. The molecule has 1 aromatic rings.